The van der Waals surface area contributed by atoms with Gasteiger partial charge in [0.2, 0.25) is 0 Å². The molecule has 0 aliphatic carbocycles. The van der Waals surface area contributed by atoms with E-state index in [9.17, 15) is 0 Å². The van der Waals surface area contributed by atoms with E-state index in [2.05, 4.69) is 28.4 Å². The van der Waals surface area contributed by atoms with Gasteiger partial charge >= 0.3 is 0 Å². The molecular formula is C16H17ClN4. The largest absolute Gasteiger partial charge is 0.378 e. The minimum atomic E-state index is 0.710. The van der Waals surface area contributed by atoms with E-state index in [0.29, 0.717) is 6.54 Å². The summed E-state index contributed by atoms with van der Waals surface area (Å²) >= 11 is 6.22. The van der Waals surface area contributed by atoms with Gasteiger partial charge in [-0.1, -0.05) is 11.6 Å². The van der Waals surface area contributed by atoms with Gasteiger partial charge in [0.25, 0.3) is 0 Å². The van der Waals surface area contributed by atoms with Crippen molar-refractivity contribution in [1.29, 1.82) is 0 Å². The van der Waals surface area contributed by atoms with E-state index in [-0.39, 0.29) is 0 Å². The van der Waals surface area contributed by atoms with E-state index in [0.717, 1.165) is 39.5 Å². The Labute approximate surface area is 128 Å². The number of hydrogen-bond donors (Lipinski definition) is 1. The van der Waals surface area contributed by atoms with Gasteiger partial charge < -0.3 is 5.32 Å². The Morgan fingerprint density at radius 3 is 2.95 bits per heavy atom. The lowest BCUT2D eigenvalue weighted by Crippen LogP contribution is -2.08. The van der Waals surface area contributed by atoms with Crippen molar-refractivity contribution in [3.05, 3.63) is 52.9 Å². The van der Waals surface area contributed by atoms with Crippen LogP contribution in [0.3, 0.4) is 0 Å². The third-order valence-electron chi connectivity index (χ3n) is 3.46. The van der Waals surface area contributed by atoms with Crippen LogP contribution in [-0.4, -0.2) is 14.8 Å². The molecule has 0 saturated heterocycles. The van der Waals surface area contributed by atoms with E-state index in [1.807, 2.05) is 35.9 Å². The van der Waals surface area contributed by atoms with Crippen LogP contribution >= 0.6 is 11.6 Å². The molecule has 0 spiro atoms. The van der Waals surface area contributed by atoms with Crippen LogP contribution in [0.15, 0.2) is 36.5 Å². The van der Waals surface area contributed by atoms with E-state index >= 15 is 0 Å². The molecule has 3 rings (SSSR count). The molecule has 0 bridgehead atoms. The van der Waals surface area contributed by atoms with Crippen molar-refractivity contribution in [3.8, 4) is 0 Å². The summed E-state index contributed by atoms with van der Waals surface area (Å²) in [5.41, 5.74) is 4.07. The fourth-order valence-electron chi connectivity index (χ4n) is 2.48. The average Bonchev–Trinajstić information content (AvgIpc) is 2.87. The summed E-state index contributed by atoms with van der Waals surface area (Å²) in [5.74, 6) is 0. The molecule has 1 aromatic carbocycles. The van der Waals surface area contributed by atoms with Gasteiger partial charge in [-0.15, -0.1) is 0 Å². The highest BCUT2D eigenvalue weighted by Crippen LogP contribution is 2.28. The van der Waals surface area contributed by atoms with E-state index in [1.54, 1.807) is 6.20 Å². The molecule has 0 aliphatic rings. The normalized spacial score (nSPS) is 11.0. The van der Waals surface area contributed by atoms with Crippen molar-refractivity contribution < 1.29 is 0 Å². The van der Waals surface area contributed by atoms with Gasteiger partial charge in [0.15, 0.2) is 0 Å². The van der Waals surface area contributed by atoms with Crippen LogP contribution < -0.4 is 5.32 Å². The highest BCUT2D eigenvalue weighted by atomic mass is 35.5. The molecule has 2 heterocycles. The summed E-state index contributed by atoms with van der Waals surface area (Å²) in [6, 6.07) is 9.85. The van der Waals surface area contributed by atoms with Gasteiger partial charge in [0, 0.05) is 18.1 Å². The van der Waals surface area contributed by atoms with Crippen LogP contribution in [0.5, 0.6) is 0 Å². The lowest BCUT2D eigenvalue weighted by molar-refractivity contribution is 0.623. The first-order valence-corrected chi connectivity index (χ1v) is 7.37. The molecule has 0 fully saturated rings. The van der Waals surface area contributed by atoms with E-state index in [1.165, 1.54) is 0 Å². The number of rotatable bonds is 4. The monoisotopic (exact) mass is 300 g/mol. The molecule has 1 N–H and O–H groups in total. The zero-order chi connectivity index (χ0) is 14.8. The number of fused-ring (bicyclic) bond motifs is 1. The molecule has 0 saturated carbocycles. The maximum Gasteiger partial charge on any atom is 0.0948 e. The van der Waals surface area contributed by atoms with Crippen LogP contribution in [0, 0.1) is 6.92 Å². The van der Waals surface area contributed by atoms with Gasteiger partial charge in [0.1, 0.15) is 0 Å². The van der Waals surface area contributed by atoms with Crippen LogP contribution in [0.4, 0.5) is 5.69 Å². The minimum absolute atomic E-state index is 0.710. The molecule has 0 aliphatic heterocycles. The second kappa shape index (κ2) is 5.74. The maximum absolute atomic E-state index is 6.22. The predicted molar refractivity (Wildman–Crippen MR) is 86.7 cm³/mol. The number of nitrogens with zero attached hydrogens (tertiary/aromatic N) is 3. The molecule has 0 amide bonds. The van der Waals surface area contributed by atoms with Crippen molar-refractivity contribution >= 4 is 28.2 Å². The van der Waals surface area contributed by atoms with Crippen LogP contribution in [0.25, 0.3) is 10.9 Å². The molecular weight excluding hydrogens is 284 g/mol. The number of aryl methyl sites for hydroxylation is 2. The Morgan fingerprint density at radius 1 is 1.29 bits per heavy atom. The minimum Gasteiger partial charge on any atom is -0.378 e. The lowest BCUT2D eigenvalue weighted by Gasteiger charge is -2.11. The Balaban J connectivity index is 1.90. The fraction of sp³-hybridized carbons (Fsp3) is 0.250. The maximum atomic E-state index is 6.22. The molecule has 21 heavy (non-hydrogen) atoms. The van der Waals surface area contributed by atoms with Crippen molar-refractivity contribution in [1.82, 2.24) is 14.8 Å². The summed E-state index contributed by atoms with van der Waals surface area (Å²) in [5, 5.41) is 9.58. The number of hydrogen-bond acceptors (Lipinski definition) is 3. The zero-order valence-corrected chi connectivity index (χ0v) is 12.9. The van der Waals surface area contributed by atoms with Gasteiger partial charge in [-0.05, 0) is 44.2 Å². The van der Waals surface area contributed by atoms with Crippen molar-refractivity contribution in [3.63, 3.8) is 0 Å². The van der Waals surface area contributed by atoms with Crippen molar-refractivity contribution in [2.45, 2.75) is 26.9 Å². The Kier molecular flexibility index (Phi) is 3.80. The Bertz CT molecular complexity index is 779. The fourth-order valence-corrected chi connectivity index (χ4v) is 2.70. The predicted octanol–water partition coefficient (Wildman–Crippen LogP) is 4.03. The van der Waals surface area contributed by atoms with Crippen LogP contribution in [0.2, 0.25) is 5.02 Å². The van der Waals surface area contributed by atoms with E-state index in [4.69, 9.17) is 11.6 Å². The Hall–Kier alpha value is -2.07. The van der Waals surface area contributed by atoms with Crippen molar-refractivity contribution in [2.24, 2.45) is 0 Å². The number of anilines is 1. The first kappa shape index (κ1) is 13.9. The number of halogens is 1. The summed E-state index contributed by atoms with van der Waals surface area (Å²) in [4.78, 5) is 4.43. The second-order valence-electron chi connectivity index (χ2n) is 4.94. The third kappa shape index (κ3) is 2.72. The second-order valence-corrected chi connectivity index (χ2v) is 5.35. The standard InChI is InChI=1S/C16H17ClN4/c1-3-21-12(9-11(2)20-21)10-19-15-7-6-14(17)13-5-4-8-18-16(13)15/h4-9,19H,3,10H2,1-2H3. The molecule has 2 aromatic heterocycles. The molecule has 108 valence electrons. The first-order chi connectivity index (χ1) is 10.2. The van der Waals surface area contributed by atoms with Gasteiger partial charge in [-0.25, -0.2) is 0 Å². The van der Waals surface area contributed by atoms with Crippen LogP contribution in [-0.2, 0) is 13.1 Å². The molecule has 0 radical (unpaired) electrons. The van der Waals surface area contributed by atoms with E-state index < -0.39 is 0 Å². The van der Waals surface area contributed by atoms with Gasteiger partial charge in [0.05, 0.1) is 34.2 Å². The zero-order valence-electron chi connectivity index (χ0n) is 12.1. The summed E-state index contributed by atoms with van der Waals surface area (Å²) < 4.78 is 2.01. The molecule has 3 aromatic rings. The summed E-state index contributed by atoms with van der Waals surface area (Å²) in [6.45, 7) is 5.68. The smallest absolute Gasteiger partial charge is 0.0948 e. The van der Waals surface area contributed by atoms with Gasteiger partial charge in [-0.3, -0.25) is 9.67 Å². The number of nitrogens with one attached hydrogen (secondary N) is 1. The van der Waals surface area contributed by atoms with Gasteiger partial charge in [-0.2, -0.15) is 5.10 Å². The third-order valence-corrected chi connectivity index (χ3v) is 3.79. The quantitative estimate of drug-likeness (QED) is 0.791. The number of aromatic nitrogens is 3. The molecule has 0 unspecified atom stereocenters. The lowest BCUT2D eigenvalue weighted by atomic mass is 10.2. The SMILES string of the molecule is CCn1nc(C)cc1CNc1ccc(Cl)c2cccnc12. The molecule has 5 heteroatoms. The average molecular weight is 301 g/mol. The highest BCUT2D eigenvalue weighted by molar-refractivity contribution is 6.35. The molecule has 4 nitrogen and oxygen atoms in total. The van der Waals surface area contributed by atoms with Crippen molar-refractivity contribution in [2.75, 3.05) is 5.32 Å². The highest BCUT2D eigenvalue weighted by Gasteiger charge is 2.07. The summed E-state index contributed by atoms with van der Waals surface area (Å²) in [6.07, 6.45) is 1.78. The molecule has 0 atom stereocenters. The van der Waals surface area contributed by atoms with Crippen LogP contribution in [0.1, 0.15) is 18.3 Å². The summed E-state index contributed by atoms with van der Waals surface area (Å²) in [7, 11) is 0. The Morgan fingerprint density at radius 2 is 2.14 bits per heavy atom. The first-order valence-electron chi connectivity index (χ1n) is 6.99. The number of pyridine rings is 1. The topological polar surface area (TPSA) is 42.7 Å². The number of benzene rings is 1.